The summed E-state index contributed by atoms with van der Waals surface area (Å²) in [6.45, 7) is 1.65. The van der Waals surface area contributed by atoms with Gasteiger partial charge in [0.1, 0.15) is 0 Å². The monoisotopic (exact) mass is 209 g/mol. The van der Waals surface area contributed by atoms with Crippen LogP contribution in [-0.2, 0) is 9.84 Å². The van der Waals surface area contributed by atoms with Gasteiger partial charge in [-0.2, -0.15) is 0 Å². The number of nitrogens with one attached hydrogen (secondary N) is 1. The lowest BCUT2D eigenvalue weighted by Crippen LogP contribution is -2.02. The summed E-state index contributed by atoms with van der Waals surface area (Å²) in [6.07, 6.45) is 1.56. The predicted molar refractivity (Wildman–Crippen MR) is 56.0 cm³/mol. The molecule has 0 aliphatic carbocycles. The Labute approximate surface area is 82.7 Å². The third-order valence-corrected chi connectivity index (χ3v) is 4.03. The van der Waals surface area contributed by atoms with Gasteiger partial charge in [0.25, 0.3) is 0 Å². The van der Waals surface area contributed by atoms with Crippen molar-refractivity contribution in [1.29, 1.82) is 0 Å². The van der Waals surface area contributed by atoms with Gasteiger partial charge in [0.15, 0.2) is 9.84 Å². The Kier molecular flexibility index (Phi) is 2.07. The lowest BCUT2D eigenvalue weighted by molar-refractivity contribution is 0.598. The molecule has 0 saturated carbocycles. The Morgan fingerprint density at radius 1 is 1.29 bits per heavy atom. The number of aromatic amines is 1. The third-order valence-electron chi connectivity index (χ3n) is 2.27. The normalized spacial score (nSPS) is 12.1. The molecule has 0 amide bonds. The average molecular weight is 209 g/mol. The van der Waals surface area contributed by atoms with Gasteiger partial charge in [0.2, 0.25) is 0 Å². The van der Waals surface area contributed by atoms with E-state index in [0.29, 0.717) is 4.90 Å². The summed E-state index contributed by atoms with van der Waals surface area (Å²) in [5.74, 6) is 0.134. The second kappa shape index (κ2) is 3.13. The summed E-state index contributed by atoms with van der Waals surface area (Å²) in [4.78, 5) is 3.35. The van der Waals surface area contributed by atoms with E-state index in [1.165, 1.54) is 0 Å². The summed E-state index contributed by atoms with van der Waals surface area (Å²) in [7, 11) is -3.11. The Hall–Kier alpha value is -1.29. The van der Waals surface area contributed by atoms with E-state index in [9.17, 15) is 8.42 Å². The summed E-state index contributed by atoms with van der Waals surface area (Å²) in [5, 5.41) is 0.773. The largest absolute Gasteiger partial charge is 0.360 e. The summed E-state index contributed by atoms with van der Waals surface area (Å²) >= 11 is 0. The number of hydrogen-bond donors (Lipinski definition) is 1. The molecule has 0 atom stereocenters. The zero-order valence-corrected chi connectivity index (χ0v) is 8.64. The van der Waals surface area contributed by atoms with E-state index >= 15 is 0 Å². The molecule has 74 valence electrons. The Morgan fingerprint density at radius 2 is 2.00 bits per heavy atom. The zero-order valence-electron chi connectivity index (χ0n) is 7.82. The van der Waals surface area contributed by atoms with Crippen molar-refractivity contribution in [2.24, 2.45) is 0 Å². The first kappa shape index (κ1) is 9.27. The number of rotatable bonds is 2. The van der Waals surface area contributed by atoms with E-state index in [0.717, 1.165) is 10.9 Å². The lowest BCUT2D eigenvalue weighted by Gasteiger charge is -1.97. The fourth-order valence-corrected chi connectivity index (χ4v) is 2.52. The van der Waals surface area contributed by atoms with Crippen LogP contribution >= 0.6 is 0 Å². The number of benzene rings is 1. The van der Waals surface area contributed by atoms with Crippen molar-refractivity contribution >= 4 is 20.7 Å². The van der Waals surface area contributed by atoms with Crippen LogP contribution in [0.3, 0.4) is 0 Å². The lowest BCUT2D eigenvalue weighted by atomic mass is 10.2. The van der Waals surface area contributed by atoms with Crippen LogP contribution in [0.25, 0.3) is 10.9 Å². The topological polar surface area (TPSA) is 49.9 Å². The van der Waals surface area contributed by atoms with Gasteiger partial charge in [-0.1, -0.05) is 25.1 Å². The number of para-hydroxylation sites is 1. The minimum atomic E-state index is -3.11. The van der Waals surface area contributed by atoms with E-state index < -0.39 is 9.84 Å². The molecule has 2 aromatic rings. The Morgan fingerprint density at radius 3 is 2.71 bits per heavy atom. The number of sulfone groups is 1. The second-order valence-corrected chi connectivity index (χ2v) is 5.35. The molecule has 0 aliphatic rings. The number of aromatic nitrogens is 1. The highest BCUT2D eigenvalue weighted by molar-refractivity contribution is 7.91. The van der Waals surface area contributed by atoms with Crippen molar-refractivity contribution in [3.05, 3.63) is 30.5 Å². The molecule has 0 radical (unpaired) electrons. The van der Waals surface area contributed by atoms with Gasteiger partial charge < -0.3 is 4.98 Å². The maximum absolute atomic E-state index is 11.7. The third kappa shape index (κ3) is 1.32. The van der Waals surface area contributed by atoms with Crippen molar-refractivity contribution in [2.45, 2.75) is 11.8 Å². The molecule has 1 heterocycles. The van der Waals surface area contributed by atoms with Crippen molar-refractivity contribution in [2.75, 3.05) is 5.75 Å². The summed E-state index contributed by atoms with van der Waals surface area (Å²) in [5.41, 5.74) is 0.861. The van der Waals surface area contributed by atoms with Gasteiger partial charge in [0, 0.05) is 17.1 Å². The van der Waals surface area contributed by atoms with Crippen LogP contribution in [0, 0.1) is 0 Å². The minimum absolute atomic E-state index is 0.134. The quantitative estimate of drug-likeness (QED) is 0.822. The van der Waals surface area contributed by atoms with E-state index in [-0.39, 0.29) is 5.75 Å². The molecule has 0 bridgehead atoms. The van der Waals surface area contributed by atoms with E-state index in [1.54, 1.807) is 13.1 Å². The summed E-state index contributed by atoms with van der Waals surface area (Å²) in [6, 6.07) is 7.39. The molecule has 0 spiro atoms. The van der Waals surface area contributed by atoms with Crippen molar-refractivity contribution in [3.63, 3.8) is 0 Å². The highest BCUT2D eigenvalue weighted by atomic mass is 32.2. The molecule has 1 aromatic heterocycles. The van der Waals surface area contributed by atoms with Crippen LogP contribution in [0.1, 0.15) is 6.92 Å². The molecule has 0 aliphatic heterocycles. The molecule has 0 saturated heterocycles. The first-order chi connectivity index (χ1) is 6.65. The van der Waals surface area contributed by atoms with Crippen LogP contribution in [0.2, 0.25) is 0 Å². The first-order valence-electron chi connectivity index (χ1n) is 4.44. The molecule has 1 N–H and O–H groups in total. The van der Waals surface area contributed by atoms with Crippen LogP contribution in [0.4, 0.5) is 0 Å². The van der Waals surface area contributed by atoms with Gasteiger partial charge in [-0.15, -0.1) is 0 Å². The van der Waals surface area contributed by atoms with Crippen LogP contribution in [-0.4, -0.2) is 19.2 Å². The van der Waals surface area contributed by atoms with E-state index in [1.807, 2.05) is 24.3 Å². The molecule has 4 heteroatoms. The molecular formula is C10H11NO2S. The SMILES string of the molecule is CCS(=O)(=O)c1c[nH]c2ccccc12. The highest BCUT2D eigenvalue weighted by Gasteiger charge is 2.15. The zero-order chi connectivity index (χ0) is 10.2. The van der Waals surface area contributed by atoms with E-state index in [4.69, 9.17) is 0 Å². The van der Waals surface area contributed by atoms with Gasteiger partial charge in [-0.3, -0.25) is 0 Å². The second-order valence-electron chi connectivity index (χ2n) is 3.10. The number of hydrogen-bond acceptors (Lipinski definition) is 2. The maximum Gasteiger partial charge on any atom is 0.180 e. The Balaban J connectivity index is 2.77. The molecule has 2 rings (SSSR count). The van der Waals surface area contributed by atoms with Crippen LogP contribution < -0.4 is 0 Å². The average Bonchev–Trinajstić information content (AvgIpc) is 2.61. The number of H-pyrrole nitrogens is 1. The molecule has 14 heavy (non-hydrogen) atoms. The molecule has 0 unspecified atom stereocenters. The predicted octanol–water partition coefficient (Wildman–Crippen LogP) is 1.96. The van der Waals surface area contributed by atoms with Crippen molar-refractivity contribution in [3.8, 4) is 0 Å². The fraction of sp³-hybridized carbons (Fsp3) is 0.200. The highest BCUT2D eigenvalue weighted by Crippen LogP contribution is 2.22. The van der Waals surface area contributed by atoms with Gasteiger partial charge >= 0.3 is 0 Å². The number of fused-ring (bicyclic) bond motifs is 1. The maximum atomic E-state index is 11.7. The first-order valence-corrected chi connectivity index (χ1v) is 6.09. The van der Waals surface area contributed by atoms with Crippen LogP contribution in [0.5, 0.6) is 0 Å². The molecule has 0 fully saturated rings. The standard InChI is InChI=1S/C10H11NO2S/c1-2-14(12,13)10-7-11-9-6-4-3-5-8(9)10/h3-7,11H,2H2,1H3. The molecular weight excluding hydrogens is 198 g/mol. The van der Waals surface area contributed by atoms with E-state index in [2.05, 4.69) is 4.98 Å². The smallest absolute Gasteiger partial charge is 0.180 e. The fourth-order valence-electron chi connectivity index (χ4n) is 1.46. The van der Waals surface area contributed by atoms with Gasteiger partial charge in [0.05, 0.1) is 10.6 Å². The molecule has 3 nitrogen and oxygen atoms in total. The van der Waals surface area contributed by atoms with Gasteiger partial charge in [-0.25, -0.2) is 8.42 Å². The van der Waals surface area contributed by atoms with Crippen molar-refractivity contribution in [1.82, 2.24) is 4.98 Å². The van der Waals surface area contributed by atoms with Gasteiger partial charge in [-0.05, 0) is 6.07 Å². The summed E-state index contributed by atoms with van der Waals surface area (Å²) < 4.78 is 23.3. The Bertz CT molecular complexity index is 554. The van der Waals surface area contributed by atoms with Crippen molar-refractivity contribution < 1.29 is 8.42 Å². The minimum Gasteiger partial charge on any atom is -0.360 e. The van der Waals surface area contributed by atoms with Crippen LogP contribution in [0.15, 0.2) is 35.4 Å². The molecule has 1 aromatic carbocycles.